The molecular weight excluding hydrogens is 216 g/mol. The van der Waals surface area contributed by atoms with Crippen LogP contribution in [-0.4, -0.2) is 27.7 Å². The molecule has 0 saturated heterocycles. The van der Waals surface area contributed by atoms with E-state index in [2.05, 4.69) is 6.92 Å². The van der Waals surface area contributed by atoms with E-state index in [1.54, 1.807) is 0 Å². The Morgan fingerprint density at radius 3 is 2.82 bits per heavy atom. The van der Waals surface area contributed by atoms with Gasteiger partial charge in [0.1, 0.15) is 11.4 Å². The van der Waals surface area contributed by atoms with Gasteiger partial charge in [0, 0.05) is 6.42 Å². The third kappa shape index (κ3) is 1.84. The molecule has 2 fully saturated rings. The molecule has 2 rings (SSSR count). The molecule has 0 radical (unpaired) electrons. The fourth-order valence-electron chi connectivity index (χ4n) is 3.88. The van der Waals surface area contributed by atoms with E-state index in [1.807, 2.05) is 0 Å². The lowest BCUT2D eigenvalue weighted by Gasteiger charge is -2.54. The van der Waals surface area contributed by atoms with Crippen molar-refractivity contribution in [1.29, 1.82) is 0 Å². The number of hydrogen-bond acceptors (Lipinski definition) is 3. The molecule has 2 aliphatic rings. The molecule has 0 aromatic rings. The molecule has 2 aliphatic carbocycles. The summed E-state index contributed by atoms with van der Waals surface area (Å²) in [5.41, 5.74) is -1.78. The fraction of sp³-hybridized carbons (Fsp3) is 0.929. The molecule has 0 aromatic carbocycles. The van der Waals surface area contributed by atoms with Crippen LogP contribution in [0.15, 0.2) is 0 Å². The van der Waals surface area contributed by atoms with Crippen molar-refractivity contribution in [2.45, 2.75) is 76.4 Å². The minimum absolute atomic E-state index is 0.193. The highest BCUT2D eigenvalue weighted by atomic mass is 16.3. The van der Waals surface area contributed by atoms with E-state index in [4.69, 9.17) is 0 Å². The lowest BCUT2D eigenvalue weighted by atomic mass is 9.53. The molecule has 0 spiro atoms. The van der Waals surface area contributed by atoms with Crippen molar-refractivity contribution in [1.82, 2.24) is 0 Å². The Bertz CT molecular complexity index is 302. The fourth-order valence-corrected chi connectivity index (χ4v) is 3.88. The Kier molecular flexibility index (Phi) is 3.60. The van der Waals surface area contributed by atoms with Gasteiger partial charge in [-0.15, -0.1) is 0 Å². The SMILES string of the molecule is CCCC[C@@]12CCC[C@@H](O)[C@]1(O)CCCC2=O. The average molecular weight is 240 g/mol. The smallest absolute Gasteiger partial charge is 0.142 e. The molecule has 0 aliphatic heterocycles. The number of rotatable bonds is 3. The van der Waals surface area contributed by atoms with Crippen LogP contribution in [-0.2, 0) is 4.79 Å². The molecule has 3 atom stereocenters. The van der Waals surface area contributed by atoms with Crippen molar-refractivity contribution in [3.05, 3.63) is 0 Å². The number of unbranched alkanes of at least 4 members (excludes halogenated alkanes) is 1. The predicted octanol–water partition coefficient (Wildman–Crippen LogP) is 2.19. The third-order valence-corrected chi connectivity index (χ3v) is 4.91. The van der Waals surface area contributed by atoms with Crippen LogP contribution in [0.3, 0.4) is 0 Å². The van der Waals surface area contributed by atoms with Crippen molar-refractivity contribution in [3.8, 4) is 0 Å². The highest BCUT2D eigenvalue weighted by Gasteiger charge is 2.60. The van der Waals surface area contributed by atoms with Crippen LogP contribution in [0.5, 0.6) is 0 Å². The summed E-state index contributed by atoms with van der Waals surface area (Å²) in [5.74, 6) is 0.193. The zero-order chi connectivity index (χ0) is 12.5. The molecule has 0 bridgehead atoms. The summed E-state index contributed by atoms with van der Waals surface area (Å²) >= 11 is 0. The van der Waals surface area contributed by atoms with Gasteiger partial charge in [0.25, 0.3) is 0 Å². The van der Waals surface area contributed by atoms with E-state index in [-0.39, 0.29) is 5.78 Å². The molecule has 2 saturated carbocycles. The van der Waals surface area contributed by atoms with Crippen molar-refractivity contribution in [3.63, 3.8) is 0 Å². The molecule has 2 N–H and O–H groups in total. The van der Waals surface area contributed by atoms with Gasteiger partial charge in [-0.05, 0) is 38.5 Å². The summed E-state index contributed by atoms with van der Waals surface area (Å²) < 4.78 is 0. The maximum atomic E-state index is 12.3. The van der Waals surface area contributed by atoms with Gasteiger partial charge >= 0.3 is 0 Å². The van der Waals surface area contributed by atoms with Crippen molar-refractivity contribution >= 4 is 5.78 Å². The molecule has 98 valence electrons. The van der Waals surface area contributed by atoms with Gasteiger partial charge in [-0.1, -0.05) is 19.8 Å². The number of aliphatic hydroxyl groups is 2. The topological polar surface area (TPSA) is 57.5 Å². The Hall–Kier alpha value is -0.410. The van der Waals surface area contributed by atoms with Gasteiger partial charge in [-0.3, -0.25) is 4.79 Å². The zero-order valence-corrected chi connectivity index (χ0v) is 10.7. The quantitative estimate of drug-likeness (QED) is 0.795. The summed E-state index contributed by atoms with van der Waals surface area (Å²) in [6.07, 6.45) is 6.17. The average Bonchev–Trinajstić information content (AvgIpc) is 2.30. The lowest BCUT2D eigenvalue weighted by Crippen LogP contribution is -2.64. The normalized spacial score (nSPS) is 42.3. The molecule has 0 heterocycles. The van der Waals surface area contributed by atoms with Crippen LogP contribution in [0, 0.1) is 5.41 Å². The summed E-state index contributed by atoms with van der Waals surface area (Å²) in [6, 6.07) is 0. The summed E-state index contributed by atoms with van der Waals surface area (Å²) in [4.78, 5) is 12.3. The Balaban J connectivity index is 2.33. The summed E-state index contributed by atoms with van der Waals surface area (Å²) in [5, 5.41) is 21.0. The maximum absolute atomic E-state index is 12.3. The standard InChI is InChI=1S/C14H24O3/c1-2-3-8-13-9-4-7-12(16)14(13,17)10-5-6-11(13)15/h12,16-17H,2-10H2,1H3/t12-,13+,14-/m1/s1. The number of ketones is 1. The third-order valence-electron chi connectivity index (χ3n) is 4.91. The van der Waals surface area contributed by atoms with Crippen molar-refractivity contribution in [2.75, 3.05) is 0 Å². The van der Waals surface area contributed by atoms with Crippen LogP contribution in [0.1, 0.15) is 64.7 Å². The maximum Gasteiger partial charge on any atom is 0.142 e. The first-order valence-corrected chi connectivity index (χ1v) is 7.00. The van der Waals surface area contributed by atoms with E-state index in [9.17, 15) is 15.0 Å². The Morgan fingerprint density at radius 1 is 1.35 bits per heavy atom. The molecule has 3 heteroatoms. The van der Waals surface area contributed by atoms with E-state index in [0.29, 0.717) is 19.3 Å². The second-order valence-electron chi connectivity index (χ2n) is 5.79. The monoisotopic (exact) mass is 240 g/mol. The van der Waals surface area contributed by atoms with Crippen molar-refractivity contribution in [2.24, 2.45) is 5.41 Å². The number of carbonyl (C=O) groups excluding carboxylic acids is 1. The van der Waals surface area contributed by atoms with Gasteiger partial charge < -0.3 is 10.2 Å². The molecule has 0 aromatic heterocycles. The zero-order valence-electron chi connectivity index (χ0n) is 10.7. The molecule has 0 unspecified atom stereocenters. The van der Waals surface area contributed by atoms with Crippen LogP contribution in [0.4, 0.5) is 0 Å². The minimum atomic E-state index is -1.14. The van der Waals surface area contributed by atoms with Gasteiger partial charge in [-0.25, -0.2) is 0 Å². The lowest BCUT2D eigenvalue weighted by molar-refractivity contribution is -0.204. The van der Waals surface area contributed by atoms with E-state index in [1.165, 1.54) is 0 Å². The second kappa shape index (κ2) is 4.69. The largest absolute Gasteiger partial charge is 0.390 e. The van der Waals surface area contributed by atoms with Gasteiger partial charge in [0.05, 0.1) is 11.5 Å². The molecule has 0 amide bonds. The predicted molar refractivity (Wildman–Crippen MR) is 65.6 cm³/mol. The number of hydrogen-bond donors (Lipinski definition) is 2. The molecular formula is C14H24O3. The van der Waals surface area contributed by atoms with E-state index < -0.39 is 17.1 Å². The first kappa shape index (κ1) is 13.0. The van der Waals surface area contributed by atoms with Crippen LogP contribution < -0.4 is 0 Å². The number of Topliss-reactive ketones (excluding diaryl/α,β-unsaturated/α-hetero) is 1. The number of carbonyl (C=O) groups is 1. The van der Waals surface area contributed by atoms with Crippen LogP contribution in [0.2, 0.25) is 0 Å². The van der Waals surface area contributed by atoms with E-state index in [0.717, 1.165) is 38.5 Å². The van der Waals surface area contributed by atoms with Crippen LogP contribution in [0.25, 0.3) is 0 Å². The van der Waals surface area contributed by atoms with Crippen LogP contribution >= 0.6 is 0 Å². The second-order valence-corrected chi connectivity index (χ2v) is 5.79. The summed E-state index contributed by atoms with van der Waals surface area (Å²) in [6.45, 7) is 2.10. The summed E-state index contributed by atoms with van der Waals surface area (Å²) in [7, 11) is 0. The highest BCUT2D eigenvalue weighted by molar-refractivity contribution is 5.87. The van der Waals surface area contributed by atoms with Gasteiger partial charge in [0.2, 0.25) is 0 Å². The minimum Gasteiger partial charge on any atom is -0.390 e. The Labute approximate surface area is 103 Å². The molecule has 17 heavy (non-hydrogen) atoms. The first-order valence-electron chi connectivity index (χ1n) is 7.00. The van der Waals surface area contributed by atoms with Crippen molar-refractivity contribution < 1.29 is 15.0 Å². The first-order chi connectivity index (χ1) is 8.07. The number of fused-ring (bicyclic) bond motifs is 1. The highest BCUT2D eigenvalue weighted by Crippen LogP contribution is 2.54. The molecule has 3 nitrogen and oxygen atoms in total. The Morgan fingerprint density at radius 2 is 2.12 bits per heavy atom. The van der Waals surface area contributed by atoms with Gasteiger partial charge in [-0.2, -0.15) is 0 Å². The van der Waals surface area contributed by atoms with Gasteiger partial charge in [0.15, 0.2) is 0 Å². The number of aliphatic hydroxyl groups excluding tert-OH is 1. The van der Waals surface area contributed by atoms with E-state index >= 15 is 0 Å².